The van der Waals surface area contributed by atoms with Crippen LogP contribution in [-0.4, -0.2) is 27.6 Å². The second-order valence-electron chi connectivity index (χ2n) is 10.9. The first-order valence-corrected chi connectivity index (χ1v) is 14.7. The summed E-state index contributed by atoms with van der Waals surface area (Å²) in [6, 6.07) is 42.9. The molecule has 0 fully saturated rings. The molecule has 5 aromatic carbocycles. The fourth-order valence-electron chi connectivity index (χ4n) is 6.28. The van der Waals surface area contributed by atoms with Gasteiger partial charge in [0.25, 0.3) is 5.91 Å². The number of fused-ring (bicyclic) bond motifs is 1. The Labute approximate surface area is 252 Å². The van der Waals surface area contributed by atoms with Crippen molar-refractivity contribution in [3.63, 3.8) is 0 Å². The van der Waals surface area contributed by atoms with E-state index in [2.05, 4.69) is 89.6 Å². The molecule has 0 spiro atoms. The van der Waals surface area contributed by atoms with Crippen molar-refractivity contribution >= 4 is 16.7 Å². The molecule has 0 radical (unpaired) electrons. The number of imidazole rings is 1. The lowest BCUT2D eigenvalue weighted by Gasteiger charge is -2.37. The van der Waals surface area contributed by atoms with E-state index in [0.717, 1.165) is 39.4 Å². The number of rotatable bonds is 9. The van der Waals surface area contributed by atoms with Crippen LogP contribution in [0, 0.1) is 0 Å². The molecule has 6 rings (SSSR count). The monoisotopic (exact) mass is 565 g/mol. The Bertz CT molecular complexity index is 1750. The molecule has 0 bridgehead atoms. The molecule has 0 saturated heterocycles. The molecule has 5 nitrogen and oxygen atoms in total. The highest BCUT2D eigenvalue weighted by atomic mass is 16.3. The zero-order chi connectivity index (χ0) is 29.9. The first-order valence-electron chi connectivity index (χ1n) is 14.7. The van der Waals surface area contributed by atoms with E-state index in [1.54, 1.807) is 7.05 Å². The molecule has 214 valence electrons. The molecule has 2 N–H and O–H groups in total. The van der Waals surface area contributed by atoms with E-state index < -0.39 is 11.1 Å². The Morgan fingerprint density at radius 3 is 1.81 bits per heavy atom. The summed E-state index contributed by atoms with van der Waals surface area (Å²) in [6.45, 7) is 2.07. The van der Waals surface area contributed by atoms with Crippen molar-refractivity contribution in [1.29, 1.82) is 0 Å². The van der Waals surface area contributed by atoms with Crippen LogP contribution in [0.3, 0.4) is 0 Å². The highest BCUT2D eigenvalue weighted by Crippen LogP contribution is 2.42. The molecule has 1 amide bonds. The van der Waals surface area contributed by atoms with Crippen molar-refractivity contribution in [3.8, 4) is 0 Å². The molecule has 6 aromatic rings. The summed E-state index contributed by atoms with van der Waals surface area (Å²) in [4.78, 5) is 17.1. The molecule has 1 heterocycles. The summed E-state index contributed by atoms with van der Waals surface area (Å²) < 4.78 is 2.14. The van der Waals surface area contributed by atoms with Gasteiger partial charge in [-0.3, -0.25) is 4.79 Å². The van der Waals surface area contributed by atoms with Crippen molar-refractivity contribution in [2.75, 3.05) is 7.05 Å². The van der Waals surface area contributed by atoms with E-state index >= 15 is 0 Å². The molecule has 1 aromatic heterocycles. The first kappa shape index (κ1) is 28.1. The van der Waals surface area contributed by atoms with Crippen LogP contribution in [0.5, 0.6) is 0 Å². The van der Waals surface area contributed by atoms with Gasteiger partial charge in [0.05, 0.1) is 12.0 Å². The van der Waals surface area contributed by atoms with Gasteiger partial charge in [-0.1, -0.05) is 123 Å². The molecular weight excluding hydrogens is 530 g/mol. The van der Waals surface area contributed by atoms with Crippen molar-refractivity contribution in [3.05, 3.63) is 173 Å². The van der Waals surface area contributed by atoms with Gasteiger partial charge in [-0.15, -0.1) is 0 Å². The van der Waals surface area contributed by atoms with Gasteiger partial charge >= 0.3 is 0 Å². The number of benzene rings is 5. The van der Waals surface area contributed by atoms with Gasteiger partial charge in [0, 0.05) is 18.8 Å². The smallest absolute Gasteiger partial charge is 0.251 e. The molecule has 1 atom stereocenters. The Balaban J connectivity index is 1.53. The number of carbonyl (C=O) groups is 1. The van der Waals surface area contributed by atoms with Gasteiger partial charge in [-0.05, 0) is 57.6 Å². The minimum Gasteiger partial charge on any atom is -0.379 e. The fourth-order valence-corrected chi connectivity index (χ4v) is 6.28. The largest absolute Gasteiger partial charge is 0.379 e. The zero-order valence-corrected chi connectivity index (χ0v) is 24.4. The summed E-state index contributed by atoms with van der Waals surface area (Å²) >= 11 is 0. The van der Waals surface area contributed by atoms with Crippen molar-refractivity contribution in [1.82, 2.24) is 14.9 Å². The Hall–Kier alpha value is -5.00. The average Bonchev–Trinajstić information content (AvgIpc) is 3.57. The van der Waals surface area contributed by atoms with E-state index in [9.17, 15) is 9.90 Å². The third-order valence-corrected chi connectivity index (χ3v) is 8.39. The van der Waals surface area contributed by atoms with Crippen LogP contribution in [-0.2, 0) is 11.1 Å². The lowest BCUT2D eigenvalue weighted by atomic mass is 9.76. The molecule has 0 aliphatic carbocycles. The SMILES string of the molecule is CCCC(O)(c1ccc2cc(C(=O)NC)ccc2c1)c1cn(C(c2ccccc2)(c2ccccc2)c2ccccc2)cn1. The third kappa shape index (κ3) is 4.92. The molecule has 1 unspecified atom stereocenters. The molecule has 0 saturated carbocycles. The Morgan fingerprint density at radius 1 is 0.744 bits per heavy atom. The second kappa shape index (κ2) is 11.7. The van der Waals surface area contributed by atoms with Gasteiger partial charge in [0.15, 0.2) is 0 Å². The van der Waals surface area contributed by atoms with Gasteiger partial charge < -0.3 is 15.0 Å². The second-order valence-corrected chi connectivity index (χ2v) is 10.9. The van der Waals surface area contributed by atoms with E-state index in [-0.39, 0.29) is 5.91 Å². The van der Waals surface area contributed by atoms with Crippen molar-refractivity contribution in [2.45, 2.75) is 30.9 Å². The third-order valence-electron chi connectivity index (χ3n) is 8.39. The summed E-state index contributed by atoms with van der Waals surface area (Å²) in [7, 11) is 1.63. The summed E-state index contributed by atoms with van der Waals surface area (Å²) in [5.74, 6) is -0.127. The number of aliphatic hydroxyl groups is 1. The van der Waals surface area contributed by atoms with E-state index in [1.165, 1.54) is 0 Å². The van der Waals surface area contributed by atoms with Crippen molar-refractivity contribution < 1.29 is 9.90 Å². The van der Waals surface area contributed by atoms with E-state index in [0.29, 0.717) is 17.7 Å². The maximum Gasteiger partial charge on any atom is 0.251 e. The first-order chi connectivity index (χ1) is 21.0. The summed E-state index contributed by atoms with van der Waals surface area (Å²) in [6.07, 6.45) is 5.11. The van der Waals surface area contributed by atoms with Crippen LogP contribution in [0.1, 0.15) is 58.1 Å². The quantitative estimate of drug-likeness (QED) is 0.181. The summed E-state index contributed by atoms with van der Waals surface area (Å²) in [5.41, 5.74) is 3.19. The maximum absolute atomic E-state index is 12.4. The van der Waals surface area contributed by atoms with E-state index in [1.807, 2.05) is 67.1 Å². The van der Waals surface area contributed by atoms with Gasteiger partial charge in [0.2, 0.25) is 0 Å². The lowest BCUT2D eigenvalue weighted by molar-refractivity contribution is 0.0660. The maximum atomic E-state index is 12.4. The van der Waals surface area contributed by atoms with Crippen LogP contribution in [0.25, 0.3) is 10.8 Å². The fraction of sp³-hybridized carbons (Fsp3) is 0.158. The molecule has 5 heteroatoms. The number of hydrogen-bond donors (Lipinski definition) is 2. The van der Waals surface area contributed by atoms with Crippen LogP contribution < -0.4 is 5.32 Å². The van der Waals surface area contributed by atoms with Crippen LogP contribution in [0.4, 0.5) is 0 Å². The van der Waals surface area contributed by atoms with Gasteiger partial charge in [-0.25, -0.2) is 4.98 Å². The number of hydrogen-bond acceptors (Lipinski definition) is 3. The normalized spacial score (nSPS) is 13.0. The number of carbonyl (C=O) groups excluding carboxylic acids is 1. The number of nitrogens with zero attached hydrogens (tertiary/aromatic N) is 2. The Kier molecular flexibility index (Phi) is 7.66. The van der Waals surface area contributed by atoms with Crippen LogP contribution in [0.2, 0.25) is 0 Å². The van der Waals surface area contributed by atoms with E-state index in [4.69, 9.17) is 4.98 Å². The van der Waals surface area contributed by atoms with Crippen LogP contribution in [0.15, 0.2) is 140 Å². The Morgan fingerprint density at radius 2 is 1.28 bits per heavy atom. The average molecular weight is 566 g/mol. The molecule has 43 heavy (non-hydrogen) atoms. The number of nitrogens with one attached hydrogen (secondary N) is 1. The predicted octanol–water partition coefficient (Wildman–Crippen LogP) is 7.27. The minimum atomic E-state index is -1.32. The number of amides is 1. The zero-order valence-electron chi connectivity index (χ0n) is 24.4. The minimum absolute atomic E-state index is 0.127. The highest BCUT2D eigenvalue weighted by molar-refractivity contribution is 5.98. The highest BCUT2D eigenvalue weighted by Gasteiger charge is 2.41. The van der Waals surface area contributed by atoms with Gasteiger partial charge in [0.1, 0.15) is 11.1 Å². The molecule has 0 aliphatic heterocycles. The topological polar surface area (TPSA) is 67.2 Å². The lowest BCUT2D eigenvalue weighted by Crippen LogP contribution is -2.37. The standard InChI is InChI=1S/C38H35N3O2/c1-3-23-37(43,34-22-21-28-24-30(36(42)39-2)20-19-29(28)25-34)35-26-41(27-40-35)38(31-13-7-4-8-14-31,32-15-9-5-10-16-32)33-17-11-6-12-18-33/h4-22,24-27,43H,3,23H2,1-2H3,(H,39,42). The summed E-state index contributed by atoms with van der Waals surface area (Å²) in [5, 5.41) is 17.0. The predicted molar refractivity (Wildman–Crippen MR) is 172 cm³/mol. The number of aromatic nitrogens is 2. The van der Waals surface area contributed by atoms with Crippen LogP contribution >= 0.6 is 0 Å². The van der Waals surface area contributed by atoms with Gasteiger partial charge in [-0.2, -0.15) is 0 Å². The molecular formula is C38H35N3O2. The van der Waals surface area contributed by atoms with Crippen molar-refractivity contribution in [2.24, 2.45) is 0 Å². The molecule has 0 aliphatic rings.